The molecule has 156 valence electrons. The largest absolute Gasteiger partial charge is 0.493 e. The van der Waals surface area contributed by atoms with Crippen LogP contribution in [0.25, 0.3) is 0 Å². The number of hydrogen-bond donors (Lipinski definition) is 1. The SMILES string of the molecule is COc1cc(/C=N\NC(=O)[C@@H](C#N)c2ccccc2)ccc1OCc1ccc(Br)cc1. The molecule has 0 bridgehead atoms. The van der Waals surface area contributed by atoms with Crippen molar-refractivity contribution in [1.29, 1.82) is 5.26 Å². The number of hydrogen-bond acceptors (Lipinski definition) is 5. The first-order valence-electron chi connectivity index (χ1n) is 9.43. The molecule has 3 rings (SSSR count). The van der Waals surface area contributed by atoms with E-state index in [4.69, 9.17) is 9.47 Å². The minimum Gasteiger partial charge on any atom is -0.493 e. The third-order valence-electron chi connectivity index (χ3n) is 4.41. The average molecular weight is 478 g/mol. The maximum atomic E-state index is 12.3. The molecule has 0 fully saturated rings. The van der Waals surface area contributed by atoms with Crippen LogP contribution in [0, 0.1) is 11.3 Å². The van der Waals surface area contributed by atoms with Crippen molar-refractivity contribution in [3.05, 3.63) is 94.0 Å². The van der Waals surface area contributed by atoms with Crippen LogP contribution >= 0.6 is 15.9 Å². The van der Waals surface area contributed by atoms with Gasteiger partial charge in [0.1, 0.15) is 6.61 Å². The summed E-state index contributed by atoms with van der Waals surface area (Å²) in [5.41, 5.74) is 4.77. The van der Waals surface area contributed by atoms with Gasteiger partial charge in [-0.2, -0.15) is 10.4 Å². The Bertz CT molecular complexity index is 1090. The van der Waals surface area contributed by atoms with Crippen LogP contribution in [0.5, 0.6) is 11.5 Å². The summed E-state index contributed by atoms with van der Waals surface area (Å²) in [6, 6.07) is 24.1. The number of nitrogens with zero attached hydrogens (tertiary/aromatic N) is 2. The molecule has 1 N–H and O–H groups in total. The van der Waals surface area contributed by atoms with Gasteiger partial charge in [0.05, 0.1) is 19.4 Å². The zero-order valence-corrected chi connectivity index (χ0v) is 18.4. The normalized spacial score (nSPS) is 11.5. The molecule has 0 aromatic heterocycles. The van der Waals surface area contributed by atoms with Gasteiger partial charge in [-0.1, -0.05) is 58.4 Å². The fourth-order valence-electron chi connectivity index (χ4n) is 2.79. The Morgan fingerprint density at radius 3 is 2.55 bits per heavy atom. The van der Waals surface area contributed by atoms with E-state index < -0.39 is 11.8 Å². The van der Waals surface area contributed by atoms with E-state index in [0.717, 1.165) is 10.0 Å². The molecule has 0 saturated carbocycles. The lowest BCUT2D eigenvalue weighted by Crippen LogP contribution is -2.24. The number of carbonyl (C=O) groups is 1. The molecule has 7 heteroatoms. The van der Waals surface area contributed by atoms with E-state index in [1.54, 1.807) is 49.6 Å². The van der Waals surface area contributed by atoms with E-state index in [9.17, 15) is 10.1 Å². The Morgan fingerprint density at radius 1 is 1.13 bits per heavy atom. The van der Waals surface area contributed by atoms with Crippen LogP contribution in [0.4, 0.5) is 0 Å². The number of carbonyl (C=O) groups excluding carboxylic acids is 1. The minimum absolute atomic E-state index is 0.405. The van der Waals surface area contributed by atoms with Crippen LogP contribution < -0.4 is 14.9 Å². The van der Waals surface area contributed by atoms with E-state index in [1.165, 1.54) is 6.21 Å². The van der Waals surface area contributed by atoms with Crippen molar-refractivity contribution >= 4 is 28.1 Å². The van der Waals surface area contributed by atoms with Gasteiger partial charge in [0.25, 0.3) is 5.91 Å². The maximum absolute atomic E-state index is 12.3. The van der Waals surface area contributed by atoms with Crippen LogP contribution in [-0.2, 0) is 11.4 Å². The summed E-state index contributed by atoms with van der Waals surface area (Å²) in [7, 11) is 1.56. The van der Waals surface area contributed by atoms with E-state index in [1.807, 2.05) is 36.4 Å². The van der Waals surface area contributed by atoms with Crippen molar-refractivity contribution in [3.63, 3.8) is 0 Å². The Kier molecular flexibility index (Phi) is 7.79. The number of rotatable bonds is 8. The quantitative estimate of drug-likeness (QED) is 0.373. The number of halogens is 1. The number of amides is 1. The maximum Gasteiger partial charge on any atom is 0.261 e. The molecule has 0 spiro atoms. The topological polar surface area (TPSA) is 83.7 Å². The van der Waals surface area contributed by atoms with Crippen molar-refractivity contribution in [2.75, 3.05) is 7.11 Å². The van der Waals surface area contributed by atoms with Gasteiger partial charge in [-0.05, 0) is 47.0 Å². The molecule has 3 aromatic carbocycles. The fourth-order valence-corrected chi connectivity index (χ4v) is 3.05. The minimum atomic E-state index is -0.928. The van der Waals surface area contributed by atoms with Crippen molar-refractivity contribution in [3.8, 4) is 17.6 Å². The summed E-state index contributed by atoms with van der Waals surface area (Å²) in [6.07, 6.45) is 1.48. The Morgan fingerprint density at radius 2 is 1.87 bits per heavy atom. The predicted octanol–water partition coefficient (Wildman–Crippen LogP) is 4.79. The molecule has 31 heavy (non-hydrogen) atoms. The van der Waals surface area contributed by atoms with Gasteiger partial charge >= 0.3 is 0 Å². The van der Waals surface area contributed by atoms with Gasteiger partial charge in [-0.3, -0.25) is 4.79 Å². The number of hydrazone groups is 1. The highest BCUT2D eigenvalue weighted by atomic mass is 79.9. The molecular weight excluding hydrogens is 458 g/mol. The lowest BCUT2D eigenvalue weighted by Gasteiger charge is -2.11. The summed E-state index contributed by atoms with van der Waals surface area (Å²) < 4.78 is 12.3. The molecule has 6 nitrogen and oxygen atoms in total. The Balaban J connectivity index is 1.62. The van der Waals surface area contributed by atoms with Crippen molar-refractivity contribution < 1.29 is 14.3 Å². The first-order valence-corrected chi connectivity index (χ1v) is 10.2. The Labute approximate surface area is 189 Å². The molecule has 0 aliphatic heterocycles. The van der Waals surface area contributed by atoms with Gasteiger partial charge in [0, 0.05) is 4.47 Å². The van der Waals surface area contributed by atoms with Crippen LogP contribution in [0.1, 0.15) is 22.6 Å². The second-order valence-corrected chi connectivity index (χ2v) is 7.45. The molecule has 0 saturated heterocycles. The molecule has 0 aliphatic rings. The van der Waals surface area contributed by atoms with Crippen molar-refractivity contribution in [2.45, 2.75) is 12.5 Å². The third kappa shape index (κ3) is 6.17. The standard InChI is InChI=1S/C24H20BrN3O3/c1-30-23-13-18(9-12-22(23)31-16-17-7-10-20(25)11-8-17)15-27-28-24(29)21(14-26)19-5-3-2-4-6-19/h2-13,15,21H,16H2,1H3,(H,28,29)/b27-15-/t21-/m0/s1. The van der Waals surface area contributed by atoms with Gasteiger partial charge < -0.3 is 9.47 Å². The monoisotopic (exact) mass is 477 g/mol. The molecular formula is C24H20BrN3O3. The molecule has 0 unspecified atom stereocenters. The number of methoxy groups -OCH3 is 1. The zero-order valence-electron chi connectivity index (χ0n) is 16.8. The summed E-state index contributed by atoms with van der Waals surface area (Å²) in [6.45, 7) is 0.405. The molecule has 3 aromatic rings. The highest BCUT2D eigenvalue weighted by Crippen LogP contribution is 2.28. The lowest BCUT2D eigenvalue weighted by atomic mass is 10.0. The third-order valence-corrected chi connectivity index (χ3v) is 4.94. The van der Waals surface area contributed by atoms with E-state index >= 15 is 0 Å². The summed E-state index contributed by atoms with van der Waals surface area (Å²) in [5, 5.41) is 13.3. The van der Waals surface area contributed by atoms with E-state index in [0.29, 0.717) is 29.2 Å². The first-order chi connectivity index (χ1) is 15.1. The van der Waals surface area contributed by atoms with E-state index in [-0.39, 0.29) is 0 Å². The highest BCUT2D eigenvalue weighted by molar-refractivity contribution is 9.10. The zero-order chi connectivity index (χ0) is 22.1. The number of nitriles is 1. The van der Waals surface area contributed by atoms with Crippen molar-refractivity contribution in [1.82, 2.24) is 5.43 Å². The summed E-state index contributed by atoms with van der Waals surface area (Å²) in [4.78, 5) is 12.3. The van der Waals surface area contributed by atoms with Crippen LogP contribution in [0.15, 0.2) is 82.4 Å². The van der Waals surface area contributed by atoms with E-state index in [2.05, 4.69) is 26.5 Å². The lowest BCUT2D eigenvalue weighted by molar-refractivity contribution is -0.121. The van der Waals surface area contributed by atoms with Crippen molar-refractivity contribution in [2.24, 2.45) is 5.10 Å². The average Bonchev–Trinajstić information content (AvgIpc) is 2.80. The first kappa shape index (κ1) is 22.1. The number of benzene rings is 3. The molecule has 1 amide bonds. The summed E-state index contributed by atoms with van der Waals surface area (Å²) in [5.74, 6) is -0.277. The highest BCUT2D eigenvalue weighted by Gasteiger charge is 2.19. The van der Waals surface area contributed by atoms with Crippen LogP contribution in [-0.4, -0.2) is 19.2 Å². The second kappa shape index (κ2) is 11.0. The summed E-state index contributed by atoms with van der Waals surface area (Å²) >= 11 is 3.41. The van der Waals surface area contributed by atoms with Crippen LogP contribution in [0.2, 0.25) is 0 Å². The Hall–Kier alpha value is -3.63. The van der Waals surface area contributed by atoms with Crippen LogP contribution in [0.3, 0.4) is 0 Å². The molecule has 1 atom stereocenters. The van der Waals surface area contributed by atoms with Gasteiger partial charge in [0.2, 0.25) is 0 Å². The molecule has 0 radical (unpaired) electrons. The molecule has 0 heterocycles. The smallest absolute Gasteiger partial charge is 0.261 e. The number of nitrogens with one attached hydrogen (secondary N) is 1. The fraction of sp³-hybridized carbons (Fsp3) is 0.125. The molecule has 0 aliphatic carbocycles. The van der Waals surface area contributed by atoms with Gasteiger partial charge in [-0.25, -0.2) is 5.43 Å². The second-order valence-electron chi connectivity index (χ2n) is 6.53. The number of ether oxygens (including phenoxy) is 2. The van der Waals surface area contributed by atoms with Gasteiger partial charge in [-0.15, -0.1) is 0 Å². The van der Waals surface area contributed by atoms with Gasteiger partial charge in [0.15, 0.2) is 17.4 Å². The predicted molar refractivity (Wildman–Crippen MR) is 122 cm³/mol.